The molecule has 0 atom stereocenters. The molecular weight excluding hydrogens is 327 g/mol. The Balaban J connectivity index is 2.15. The van der Waals surface area contributed by atoms with E-state index in [1.54, 1.807) is 17.8 Å². The SMILES string of the molecule is CSc1ccc(C(=O)Cc2cc(F)cc(Br)c2)cc1. The van der Waals surface area contributed by atoms with Crippen LogP contribution in [0.1, 0.15) is 15.9 Å². The zero-order valence-corrected chi connectivity index (χ0v) is 12.7. The average Bonchev–Trinajstić information content (AvgIpc) is 2.37. The predicted octanol–water partition coefficient (Wildman–Crippen LogP) is 4.74. The third-order valence-corrected chi connectivity index (χ3v) is 3.90. The highest BCUT2D eigenvalue weighted by Crippen LogP contribution is 2.18. The van der Waals surface area contributed by atoms with Crippen LogP contribution < -0.4 is 0 Å². The Morgan fingerprint density at radius 2 is 1.89 bits per heavy atom. The minimum Gasteiger partial charge on any atom is -0.294 e. The lowest BCUT2D eigenvalue weighted by Crippen LogP contribution is -2.03. The van der Waals surface area contributed by atoms with E-state index < -0.39 is 0 Å². The number of carbonyl (C=O) groups is 1. The maximum absolute atomic E-state index is 13.2. The second kappa shape index (κ2) is 6.35. The van der Waals surface area contributed by atoms with Crippen molar-refractivity contribution in [3.8, 4) is 0 Å². The average molecular weight is 339 g/mol. The number of hydrogen-bond donors (Lipinski definition) is 0. The third-order valence-electron chi connectivity index (χ3n) is 2.70. The van der Waals surface area contributed by atoms with Gasteiger partial charge in [-0.15, -0.1) is 11.8 Å². The van der Waals surface area contributed by atoms with Gasteiger partial charge in [0.25, 0.3) is 0 Å². The number of hydrogen-bond acceptors (Lipinski definition) is 2. The summed E-state index contributed by atoms with van der Waals surface area (Å²) < 4.78 is 13.9. The molecule has 0 bridgehead atoms. The molecule has 0 aliphatic carbocycles. The van der Waals surface area contributed by atoms with E-state index in [1.165, 1.54) is 12.1 Å². The summed E-state index contributed by atoms with van der Waals surface area (Å²) >= 11 is 4.85. The Morgan fingerprint density at radius 1 is 1.21 bits per heavy atom. The van der Waals surface area contributed by atoms with Crippen LogP contribution in [0.5, 0.6) is 0 Å². The van der Waals surface area contributed by atoms with E-state index >= 15 is 0 Å². The van der Waals surface area contributed by atoms with Crippen molar-refractivity contribution in [1.29, 1.82) is 0 Å². The second-order valence-corrected chi connectivity index (χ2v) is 5.90. The number of Topliss-reactive ketones (excluding diaryl/α,β-unsaturated/α-hetero) is 1. The summed E-state index contributed by atoms with van der Waals surface area (Å²) in [5.41, 5.74) is 1.32. The molecule has 0 saturated heterocycles. The van der Waals surface area contributed by atoms with Crippen molar-refractivity contribution in [3.05, 3.63) is 63.9 Å². The van der Waals surface area contributed by atoms with Crippen molar-refractivity contribution in [2.45, 2.75) is 11.3 Å². The van der Waals surface area contributed by atoms with Crippen LogP contribution in [0.2, 0.25) is 0 Å². The fraction of sp³-hybridized carbons (Fsp3) is 0.133. The second-order valence-electron chi connectivity index (χ2n) is 4.11. The molecule has 0 amide bonds. The molecule has 0 N–H and O–H groups in total. The van der Waals surface area contributed by atoms with E-state index in [0.29, 0.717) is 15.6 Å². The molecule has 0 spiro atoms. The molecule has 2 rings (SSSR count). The van der Waals surface area contributed by atoms with Crippen LogP contribution in [0.4, 0.5) is 4.39 Å². The molecule has 19 heavy (non-hydrogen) atoms. The molecule has 0 aliphatic heterocycles. The molecule has 0 aromatic heterocycles. The van der Waals surface area contributed by atoms with E-state index in [4.69, 9.17) is 0 Å². The minimum atomic E-state index is -0.338. The van der Waals surface area contributed by atoms with E-state index in [2.05, 4.69) is 15.9 Å². The van der Waals surface area contributed by atoms with Gasteiger partial charge in [0, 0.05) is 21.4 Å². The number of thioether (sulfide) groups is 1. The summed E-state index contributed by atoms with van der Waals surface area (Å²) in [5, 5.41) is 0. The molecule has 2 aromatic carbocycles. The summed E-state index contributed by atoms with van der Waals surface area (Å²) in [6.07, 6.45) is 2.19. The van der Waals surface area contributed by atoms with Crippen LogP contribution in [0.25, 0.3) is 0 Å². The lowest BCUT2D eigenvalue weighted by Gasteiger charge is -2.04. The fourth-order valence-corrected chi connectivity index (χ4v) is 2.70. The van der Waals surface area contributed by atoms with Crippen LogP contribution in [0.3, 0.4) is 0 Å². The first-order chi connectivity index (χ1) is 9.08. The summed E-state index contributed by atoms with van der Waals surface area (Å²) in [5.74, 6) is -0.347. The summed E-state index contributed by atoms with van der Waals surface area (Å²) in [6.45, 7) is 0. The molecule has 2 aromatic rings. The Kier molecular flexibility index (Phi) is 4.77. The Bertz CT molecular complexity index is 575. The van der Waals surface area contributed by atoms with Gasteiger partial charge in [0.2, 0.25) is 0 Å². The molecule has 1 nitrogen and oxygen atoms in total. The van der Waals surface area contributed by atoms with Crippen LogP contribution in [-0.4, -0.2) is 12.0 Å². The molecule has 0 heterocycles. The zero-order valence-electron chi connectivity index (χ0n) is 10.3. The van der Waals surface area contributed by atoms with E-state index in [1.807, 2.05) is 30.5 Å². The van der Waals surface area contributed by atoms with Crippen molar-refractivity contribution in [3.63, 3.8) is 0 Å². The van der Waals surface area contributed by atoms with Crippen LogP contribution in [0, 0.1) is 5.82 Å². The Morgan fingerprint density at radius 3 is 2.47 bits per heavy atom. The Hall–Kier alpha value is -1.13. The molecule has 0 unspecified atom stereocenters. The maximum atomic E-state index is 13.2. The fourth-order valence-electron chi connectivity index (χ4n) is 1.78. The van der Waals surface area contributed by atoms with Crippen molar-refractivity contribution in [2.75, 3.05) is 6.26 Å². The number of benzene rings is 2. The topological polar surface area (TPSA) is 17.1 Å². The number of rotatable bonds is 4. The highest BCUT2D eigenvalue weighted by molar-refractivity contribution is 9.10. The normalized spacial score (nSPS) is 10.5. The van der Waals surface area contributed by atoms with Crippen LogP contribution >= 0.6 is 27.7 Å². The lowest BCUT2D eigenvalue weighted by molar-refractivity contribution is 0.0993. The quantitative estimate of drug-likeness (QED) is 0.591. The first-order valence-corrected chi connectivity index (χ1v) is 7.72. The van der Waals surface area contributed by atoms with Crippen molar-refractivity contribution in [1.82, 2.24) is 0 Å². The molecule has 0 fully saturated rings. The first kappa shape index (κ1) is 14.3. The Labute approximate surface area is 124 Å². The van der Waals surface area contributed by atoms with Crippen molar-refractivity contribution < 1.29 is 9.18 Å². The molecule has 0 saturated carbocycles. The highest BCUT2D eigenvalue weighted by Gasteiger charge is 2.08. The first-order valence-electron chi connectivity index (χ1n) is 5.70. The van der Waals surface area contributed by atoms with Gasteiger partial charge in [-0.2, -0.15) is 0 Å². The summed E-state index contributed by atoms with van der Waals surface area (Å²) in [6, 6.07) is 12.0. The van der Waals surface area contributed by atoms with Gasteiger partial charge in [-0.3, -0.25) is 4.79 Å². The van der Waals surface area contributed by atoms with E-state index in [-0.39, 0.29) is 18.0 Å². The minimum absolute atomic E-state index is 0.00912. The van der Waals surface area contributed by atoms with Gasteiger partial charge in [-0.25, -0.2) is 4.39 Å². The number of halogens is 2. The molecular formula is C15H12BrFOS. The molecule has 4 heteroatoms. The van der Waals surface area contributed by atoms with Gasteiger partial charge in [0.1, 0.15) is 5.82 Å². The van der Waals surface area contributed by atoms with Gasteiger partial charge in [0.05, 0.1) is 0 Å². The predicted molar refractivity (Wildman–Crippen MR) is 80.4 cm³/mol. The van der Waals surface area contributed by atoms with Crippen molar-refractivity contribution >= 4 is 33.5 Å². The number of carbonyl (C=O) groups excluding carboxylic acids is 1. The summed E-state index contributed by atoms with van der Waals surface area (Å²) in [4.78, 5) is 13.2. The van der Waals surface area contributed by atoms with Gasteiger partial charge in [0.15, 0.2) is 5.78 Å². The van der Waals surface area contributed by atoms with E-state index in [0.717, 1.165) is 4.90 Å². The van der Waals surface area contributed by atoms with Crippen LogP contribution in [0.15, 0.2) is 51.8 Å². The summed E-state index contributed by atoms with van der Waals surface area (Å²) in [7, 11) is 0. The highest BCUT2D eigenvalue weighted by atomic mass is 79.9. The monoisotopic (exact) mass is 338 g/mol. The van der Waals surface area contributed by atoms with Gasteiger partial charge >= 0.3 is 0 Å². The lowest BCUT2D eigenvalue weighted by atomic mass is 10.0. The molecule has 98 valence electrons. The third kappa shape index (κ3) is 3.91. The number of ketones is 1. The van der Waals surface area contributed by atoms with Gasteiger partial charge in [-0.05, 0) is 42.2 Å². The van der Waals surface area contributed by atoms with Crippen molar-refractivity contribution in [2.24, 2.45) is 0 Å². The zero-order chi connectivity index (χ0) is 13.8. The van der Waals surface area contributed by atoms with Crippen LogP contribution in [-0.2, 0) is 6.42 Å². The van der Waals surface area contributed by atoms with Gasteiger partial charge in [-0.1, -0.05) is 28.1 Å². The largest absolute Gasteiger partial charge is 0.294 e. The maximum Gasteiger partial charge on any atom is 0.167 e. The molecule has 0 radical (unpaired) electrons. The van der Waals surface area contributed by atoms with E-state index in [9.17, 15) is 9.18 Å². The standard InChI is InChI=1S/C15H12BrFOS/c1-19-14-4-2-11(3-5-14)15(18)8-10-6-12(16)9-13(17)7-10/h2-7,9H,8H2,1H3. The molecule has 0 aliphatic rings. The van der Waals surface area contributed by atoms with Gasteiger partial charge < -0.3 is 0 Å². The smallest absolute Gasteiger partial charge is 0.167 e.